The zero-order valence-electron chi connectivity index (χ0n) is 19.6. The van der Waals surface area contributed by atoms with E-state index in [4.69, 9.17) is 0 Å². The number of aromatic amines is 1. The molecule has 0 unspecified atom stereocenters. The minimum Gasteiger partial charge on any atom is -0.326 e. The molecule has 10 heteroatoms. The van der Waals surface area contributed by atoms with Crippen LogP contribution in [0.15, 0.2) is 76.8 Å². The summed E-state index contributed by atoms with van der Waals surface area (Å²) in [5.74, 6) is 0.972. The number of benzene rings is 2. The van der Waals surface area contributed by atoms with Crippen LogP contribution in [0.4, 0.5) is 17.3 Å². The van der Waals surface area contributed by atoms with E-state index >= 15 is 0 Å². The fourth-order valence-corrected chi connectivity index (χ4v) is 4.54. The maximum atomic E-state index is 13.4. The summed E-state index contributed by atoms with van der Waals surface area (Å²) in [6, 6.07) is 18.7. The van der Waals surface area contributed by atoms with Crippen LogP contribution < -0.4 is 10.6 Å². The van der Waals surface area contributed by atoms with E-state index in [0.29, 0.717) is 29.4 Å². The predicted octanol–water partition coefficient (Wildman–Crippen LogP) is 4.74. The second-order valence-electron chi connectivity index (χ2n) is 8.51. The molecular weight excluding hydrogens is 464 g/mol. The molecule has 9 nitrogen and oxygen atoms in total. The van der Waals surface area contributed by atoms with E-state index in [0.717, 1.165) is 11.3 Å². The Kier molecular flexibility index (Phi) is 6.92. The average Bonchev–Trinajstić information content (AvgIpc) is 3.23. The summed E-state index contributed by atoms with van der Waals surface area (Å²) in [7, 11) is -4.04. The van der Waals surface area contributed by atoms with Gasteiger partial charge >= 0.3 is 0 Å². The lowest BCUT2D eigenvalue weighted by molar-refractivity contribution is -0.116. The van der Waals surface area contributed by atoms with Gasteiger partial charge in [0, 0.05) is 29.8 Å². The van der Waals surface area contributed by atoms with Crippen LogP contribution in [0.25, 0.3) is 11.3 Å². The van der Waals surface area contributed by atoms with Crippen LogP contribution in [0.1, 0.15) is 26.0 Å². The Labute approximate surface area is 204 Å². The number of hydrogen-bond acceptors (Lipinski definition) is 7. The predicted molar refractivity (Wildman–Crippen MR) is 134 cm³/mol. The lowest BCUT2D eigenvalue weighted by Crippen LogP contribution is -2.14. The van der Waals surface area contributed by atoms with E-state index in [2.05, 4.69) is 30.8 Å². The van der Waals surface area contributed by atoms with Gasteiger partial charge in [0.15, 0.2) is 0 Å². The van der Waals surface area contributed by atoms with Gasteiger partial charge < -0.3 is 10.6 Å². The highest BCUT2D eigenvalue weighted by Crippen LogP contribution is 2.26. The number of aromatic nitrogens is 4. The Morgan fingerprint density at radius 2 is 1.71 bits per heavy atom. The Hall–Kier alpha value is -4.05. The van der Waals surface area contributed by atoms with Gasteiger partial charge in [-0.15, -0.1) is 0 Å². The van der Waals surface area contributed by atoms with E-state index in [1.807, 2.05) is 51.1 Å². The molecule has 0 spiro atoms. The molecule has 2 heterocycles. The highest BCUT2D eigenvalue weighted by molar-refractivity contribution is 7.91. The third-order valence-corrected chi connectivity index (χ3v) is 6.58. The zero-order chi connectivity index (χ0) is 25.0. The van der Waals surface area contributed by atoms with Crippen LogP contribution in [0.5, 0.6) is 0 Å². The smallest absolute Gasteiger partial charge is 0.254 e. The molecule has 2 aromatic heterocycles. The van der Waals surface area contributed by atoms with Gasteiger partial charge in [-0.25, -0.2) is 18.4 Å². The summed E-state index contributed by atoms with van der Waals surface area (Å²) in [6.45, 7) is 5.74. The Balaban J connectivity index is 1.68. The molecule has 0 aliphatic rings. The van der Waals surface area contributed by atoms with Crippen molar-refractivity contribution in [3.63, 3.8) is 0 Å². The molecule has 0 atom stereocenters. The topological polar surface area (TPSA) is 130 Å². The molecule has 3 N–H and O–H groups in total. The van der Waals surface area contributed by atoms with E-state index in [-0.39, 0.29) is 21.9 Å². The normalized spacial score (nSPS) is 11.4. The summed E-state index contributed by atoms with van der Waals surface area (Å²) in [5.41, 5.74) is 2.50. The monoisotopic (exact) mass is 490 g/mol. The van der Waals surface area contributed by atoms with Crippen LogP contribution in [0, 0.1) is 12.8 Å². The van der Waals surface area contributed by atoms with Crippen molar-refractivity contribution < 1.29 is 13.2 Å². The number of nitrogens with zero attached hydrogens (tertiary/aromatic N) is 3. The van der Waals surface area contributed by atoms with Crippen molar-refractivity contribution in [1.82, 2.24) is 20.2 Å². The molecule has 0 radical (unpaired) electrons. The van der Waals surface area contributed by atoms with E-state index in [1.54, 1.807) is 24.3 Å². The molecule has 0 aliphatic heterocycles. The van der Waals surface area contributed by atoms with Gasteiger partial charge in [0.25, 0.3) is 5.16 Å². The molecular formula is C25H26N6O3S. The van der Waals surface area contributed by atoms with E-state index < -0.39 is 9.84 Å². The van der Waals surface area contributed by atoms with Gasteiger partial charge in [-0.2, -0.15) is 5.10 Å². The van der Waals surface area contributed by atoms with Crippen molar-refractivity contribution >= 4 is 33.1 Å². The summed E-state index contributed by atoms with van der Waals surface area (Å²) in [6.07, 6.45) is 0.381. The van der Waals surface area contributed by atoms with Crippen LogP contribution in [-0.4, -0.2) is 34.5 Å². The first-order valence-corrected chi connectivity index (χ1v) is 12.6. The van der Waals surface area contributed by atoms with Gasteiger partial charge in [0.05, 0.1) is 16.3 Å². The van der Waals surface area contributed by atoms with Gasteiger partial charge in [-0.05, 0) is 37.1 Å². The largest absolute Gasteiger partial charge is 0.326 e. The molecule has 4 rings (SSSR count). The number of aryl methyl sites for hydroxylation is 1. The minimum atomic E-state index is -4.04. The molecule has 0 aliphatic carbocycles. The fraction of sp³-hybridized carbons (Fsp3) is 0.200. The third kappa shape index (κ3) is 5.90. The summed E-state index contributed by atoms with van der Waals surface area (Å²) in [4.78, 5) is 20.7. The molecule has 0 saturated heterocycles. The Morgan fingerprint density at radius 3 is 2.34 bits per heavy atom. The maximum Gasteiger partial charge on any atom is 0.254 e. The Morgan fingerprint density at radius 1 is 1.00 bits per heavy atom. The molecule has 0 fully saturated rings. The highest BCUT2D eigenvalue weighted by atomic mass is 32.2. The first-order chi connectivity index (χ1) is 16.7. The van der Waals surface area contributed by atoms with Crippen molar-refractivity contribution in [2.45, 2.75) is 37.2 Å². The number of sulfone groups is 1. The molecule has 2 aromatic carbocycles. The number of amides is 1. The average molecular weight is 491 g/mol. The van der Waals surface area contributed by atoms with Crippen LogP contribution in [0.2, 0.25) is 0 Å². The second kappa shape index (κ2) is 10.1. The first-order valence-electron chi connectivity index (χ1n) is 11.1. The summed E-state index contributed by atoms with van der Waals surface area (Å²) < 4.78 is 26.9. The lowest BCUT2D eigenvalue weighted by Gasteiger charge is -2.11. The maximum absolute atomic E-state index is 13.4. The summed E-state index contributed by atoms with van der Waals surface area (Å²) in [5, 5.41) is 12.4. The molecule has 1 amide bonds. The van der Waals surface area contributed by atoms with Crippen molar-refractivity contribution in [2.24, 2.45) is 5.92 Å². The van der Waals surface area contributed by atoms with Crippen LogP contribution in [0.3, 0.4) is 0 Å². The highest BCUT2D eigenvalue weighted by Gasteiger charge is 2.23. The van der Waals surface area contributed by atoms with Crippen molar-refractivity contribution in [3.05, 3.63) is 72.4 Å². The standard InChI is InChI=1S/C25H26N6O3S/c1-16(2)13-24(32)26-19-9-11-20(12-10-19)35(33,34)25-27-21(18-7-5-4-6-8-18)15-22(29-25)28-23-14-17(3)30-31-23/h4-12,14-16H,13H2,1-3H3,(H,26,32)(H2,27,28,29,30,31). The van der Waals surface area contributed by atoms with Gasteiger partial charge in [0.1, 0.15) is 11.6 Å². The number of H-pyrrole nitrogens is 1. The van der Waals surface area contributed by atoms with Crippen molar-refractivity contribution in [1.29, 1.82) is 0 Å². The Bertz CT molecular complexity index is 1430. The molecule has 180 valence electrons. The van der Waals surface area contributed by atoms with E-state index in [9.17, 15) is 13.2 Å². The van der Waals surface area contributed by atoms with Crippen LogP contribution in [-0.2, 0) is 14.6 Å². The number of rotatable bonds is 8. The van der Waals surface area contributed by atoms with Crippen molar-refractivity contribution in [3.8, 4) is 11.3 Å². The molecule has 4 aromatic rings. The minimum absolute atomic E-state index is 0.0212. The number of anilines is 3. The first kappa shape index (κ1) is 24.1. The second-order valence-corrected chi connectivity index (χ2v) is 10.4. The van der Waals surface area contributed by atoms with Gasteiger partial charge in [0.2, 0.25) is 15.7 Å². The number of hydrogen-bond donors (Lipinski definition) is 3. The third-order valence-electron chi connectivity index (χ3n) is 5.03. The summed E-state index contributed by atoms with van der Waals surface area (Å²) >= 11 is 0. The number of nitrogens with one attached hydrogen (secondary N) is 3. The zero-order valence-corrected chi connectivity index (χ0v) is 20.4. The van der Waals surface area contributed by atoms with Crippen LogP contribution >= 0.6 is 0 Å². The molecule has 35 heavy (non-hydrogen) atoms. The van der Waals surface area contributed by atoms with E-state index in [1.165, 1.54) is 12.1 Å². The van der Waals surface area contributed by atoms with Gasteiger partial charge in [-0.1, -0.05) is 44.2 Å². The number of carbonyl (C=O) groups is 1. The molecule has 0 saturated carbocycles. The SMILES string of the molecule is Cc1cc(Nc2cc(-c3ccccc3)nc(S(=O)(=O)c3ccc(NC(=O)CC(C)C)cc3)n2)[nH]n1. The lowest BCUT2D eigenvalue weighted by atomic mass is 10.1. The quantitative estimate of drug-likeness (QED) is 0.304. The fourth-order valence-electron chi connectivity index (χ4n) is 3.40. The van der Waals surface area contributed by atoms with Gasteiger partial charge in [-0.3, -0.25) is 9.89 Å². The molecule has 0 bridgehead atoms. The number of carbonyl (C=O) groups excluding carboxylic acids is 1. The van der Waals surface area contributed by atoms with Crippen molar-refractivity contribution in [2.75, 3.05) is 10.6 Å².